The zero-order valence-electron chi connectivity index (χ0n) is 10.8. The van der Waals surface area contributed by atoms with Crippen molar-refractivity contribution in [1.82, 2.24) is 0 Å². The van der Waals surface area contributed by atoms with Crippen LogP contribution in [0.2, 0.25) is 5.02 Å². The van der Waals surface area contributed by atoms with Crippen molar-refractivity contribution in [3.63, 3.8) is 0 Å². The molecule has 98 valence electrons. The average Bonchev–Trinajstić information content (AvgIpc) is 2.38. The van der Waals surface area contributed by atoms with E-state index < -0.39 is 0 Å². The fourth-order valence-electron chi connectivity index (χ4n) is 2.17. The van der Waals surface area contributed by atoms with Crippen LogP contribution in [0.25, 0.3) is 0 Å². The highest BCUT2D eigenvalue weighted by Gasteiger charge is 2.21. The molecule has 18 heavy (non-hydrogen) atoms. The van der Waals surface area contributed by atoms with E-state index in [0.717, 1.165) is 31.8 Å². The molecule has 0 spiro atoms. The monoisotopic (exact) mass is 267 g/mol. The molecule has 1 fully saturated rings. The van der Waals surface area contributed by atoms with Gasteiger partial charge in [-0.3, -0.25) is 4.79 Å². The van der Waals surface area contributed by atoms with Gasteiger partial charge in [-0.1, -0.05) is 18.5 Å². The predicted octanol–water partition coefficient (Wildman–Crippen LogP) is 3.16. The molecule has 1 aliphatic heterocycles. The Hall–Kier alpha value is -1.06. The van der Waals surface area contributed by atoms with Crippen molar-refractivity contribution in [3.05, 3.63) is 28.8 Å². The lowest BCUT2D eigenvalue weighted by Gasteiger charge is -2.34. The van der Waals surface area contributed by atoms with Crippen LogP contribution in [0.4, 0.5) is 5.69 Å². The van der Waals surface area contributed by atoms with Crippen molar-refractivity contribution in [1.29, 1.82) is 0 Å². The maximum Gasteiger partial charge on any atom is 0.159 e. The number of hydrogen-bond acceptors (Lipinski definition) is 3. The van der Waals surface area contributed by atoms with E-state index in [9.17, 15) is 4.79 Å². The molecule has 1 heterocycles. The number of nitrogens with zero attached hydrogens (tertiary/aromatic N) is 1. The summed E-state index contributed by atoms with van der Waals surface area (Å²) >= 11 is 6.26. The molecule has 0 bridgehead atoms. The number of ketones is 1. The van der Waals surface area contributed by atoms with E-state index in [1.54, 1.807) is 13.0 Å². The highest BCUT2D eigenvalue weighted by molar-refractivity contribution is 6.33. The van der Waals surface area contributed by atoms with E-state index in [-0.39, 0.29) is 11.9 Å². The summed E-state index contributed by atoms with van der Waals surface area (Å²) in [6.07, 6.45) is 1.27. The van der Waals surface area contributed by atoms with E-state index in [0.29, 0.717) is 10.6 Å². The minimum atomic E-state index is 0.0388. The summed E-state index contributed by atoms with van der Waals surface area (Å²) in [6, 6.07) is 5.51. The van der Waals surface area contributed by atoms with E-state index in [4.69, 9.17) is 16.3 Å². The van der Waals surface area contributed by atoms with Crippen molar-refractivity contribution < 1.29 is 9.53 Å². The van der Waals surface area contributed by atoms with Crippen LogP contribution in [-0.4, -0.2) is 31.6 Å². The summed E-state index contributed by atoms with van der Waals surface area (Å²) in [4.78, 5) is 13.5. The first-order valence-corrected chi connectivity index (χ1v) is 6.66. The Kier molecular flexibility index (Phi) is 4.25. The molecule has 1 aliphatic rings. The van der Waals surface area contributed by atoms with Crippen LogP contribution in [-0.2, 0) is 4.74 Å². The van der Waals surface area contributed by atoms with Crippen molar-refractivity contribution in [2.24, 2.45) is 0 Å². The predicted molar refractivity (Wildman–Crippen MR) is 73.7 cm³/mol. The molecule has 0 amide bonds. The van der Waals surface area contributed by atoms with Gasteiger partial charge in [0.15, 0.2) is 5.78 Å². The third-order valence-electron chi connectivity index (χ3n) is 3.29. The highest BCUT2D eigenvalue weighted by Crippen LogP contribution is 2.28. The highest BCUT2D eigenvalue weighted by atomic mass is 35.5. The number of ether oxygens (including phenoxy) is 1. The second kappa shape index (κ2) is 5.72. The first kappa shape index (κ1) is 13.4. The number of carbonyl (C=O) groups is 1. The number of morpholine rings is 1. The lowest BCUT2D eigenvalue weighted by atomic mass is 10.1. The molecule has 1 atom stereocenters. The van der Waals surface area contributed by atoms with E-state index in [2.05, 4.69) is 11.8 Å². The maximum absolute atomic E-state index is 11.3. The number of Topliss-reactive ketones (excluding diaryl/α,β-unsaturated/α-hetero) is 1. The Morgan fingerprint density at radius 1 is 1.56 bits per heavy atom. The molecule has 1 unspecified atom stereocenters. The quantitative estimate of drug-likeness (QED) is 0.788. The molecule has 0 aliphatic carbocycles. The molecular formula is C14H18ClNO2. The Morgan fingerprint density at radius 3 is 2.94 bits per heavy atom. The van der Waals surface area contributed by atoms with E-state index in [1.165, 1.54) is 0 Å². The number of rotatable bonds is 3. The minimum Gasteiger partial charge on any atom is -0.375 e. The first-order valence-electron chi connectivity index (χ1n) is 6.29. The number of hydrogen-bond donors (Lipinski definition) is 0. The molecule has 0 aromatic heterocycles. The van der Waals surface area contributed by atoms with Gasteiger partial charge in [0.05, 0.1) is 23.4 Å². The first-order chi connectivity index (χ1) is 8.61. The van der Waals surface area contributed by atoms with Gasteiger partial charge in [-0.25, -0.2) is 0 Å². The summed E-state index contributed by atoms with van der Waals surface area (Å²) in [5.41, 5.74) is 1.65. The van der Waals surface area contributed by atoms with Gasteiger partial charge in [-0.05, 0) is 31.5 Å². The van der Waals surface area contributed by atoms with Gasteiger partial charge < -0.3 is 9.64 Å². The summed E-state index contributed by atoms with van der Waals surface area (Å²) in [5, 5.41) is 0.638. The maximum atomic E-state index is 11.3. The van der Waals surface area contributed by atoms with Crippen molar-refractivity contribution in [2.75, 3.05) is 24.6 Å². The summed E-state index contributed by atoms with van der Waals surface area (Å²) < 4.78 is 5.64. The molecule has 0 saturated carbocycles. The molecule has 4 heteroatoms. The van der Waals surface area contributed by atoms with Gasteiger partial charge >= 0.3 is 0 Å². The summed E-state index contributed by atoms with van der Waals surface area (Å²) in [7, 11) is 0. The average molecular weight is 268 g/mol. The second-order valence-corrected chi connectivity index (χ2v) is 4.98. The normalized spacial score (nSPS) is 19.9. The number of halogens is 1. The van der Waals surface area contributed by atoms with Crippen LogP contribution in [0.1, 0.15) is 30.6 Å². The molecule has 1 aromatic rings. The zero-order chi connectivity index (χ0) is 13.1. The van der Waals surface area contributed by atoms with Gasteiger partial charge in [0, 0.05) is 18.7 Å². The van der Waals surface area contributed by atoms with Crippen molar-refractivity contribution in [2.45, 2.75) is 26.4 Å². The van der Waals surface area contributed by atoms with E-state index in [1.807, 2.05) is 12.1 Å². The molecular weight excluding hydrogens is 250 g/mol. The van der Waals surface area contributed by atoms with E-state index >= 15 is 0 Å². The Labute approximate surface area is 113 Å². The fraction of sp³-hybridized carbons (Fsp3) is 0.500. The smallest absolute Gasteiger partial charge is 0.159 e. The zero-order valence-corrected chi connectivity index (χ0v) is 11.5. The Balaban J connectivity index is 2.20. The van der Waals surface area contributed by atoms with Gasteiger partial charge in [0.25, 0.3) is 0 Å². The summed E-state index contributed by atoms with van der Waals surface area (Å²) in [5.74, 6) is 0.0388. The Bertz CT molecular complexity index is 447. The second-order valence-electron chi connectivity index (χ2n) is 4.57. The van der Waals surface area contributed by atoms with Gasteiger partial charge in [0.1, 0.15) is 0 Å². The third-order valence-corrected chi connectivity index (χ3v) is 3.59. The molecule has 1 saturated heterocycles. The topological polar surface area (TPSA) is 29.5 Å². The van der Waals surface area contributed by atoms with Crippen molar-refractivity contribution in [3.8, 4) is 0 Å². The van der Waals surface area contributed by atoms with Gasteiger partial charge in [-0.15, -0.1) is 0 Å². The fourth-order valence-corrected chi connectivity index (χ4v) is 2.47. The van der Waals surface area contributed by atoms with Crippen LogP contribution < -0.4 is 4.90 Å². The minimum absolute atomic E-state index is 0.0388. The molecule has 0 N–H and O–H groups in total. The standard InChI is InChI=1S/C14H18ClNO2/c1-3-12-9-16(6-7-18-12)14-5-4-11(10(2)17)8-13(14)15/h4-5,8,12H,3,6-7,9H2,1-2H3. The molecule has 0 radical (unpaired) electrons. The lowest BCUT2D eigenvalue weighted by Crippen LogP contribution is -2.42. The van der Waals surface area contributed by atoms with Crippen LogP contribution in [0.5, 0.6) is 0 Å². The van der Waals surface area contributed by atoms with Crippen LogP contribution in [0.3, 0.4) is 0 Å². The van der Waals surface area contributed by atoms with Crippen LogP contribution in [0, 0.1) is 0 Å². The molecule has 3 nitrogen and oxygen atoms in total. The SMILES string of the molecule is CCC1CN(c2ccc(C(C)=O)cc2Cl)CCO1. The third kappa shape index (κ3) is 2.85. The van der Waals surface area contributed by atoms with Gasteiger partial charge in [-0.2, -0.15) is 0 Å². The number of carbonyl (C=O) groups excluding carboxylic acids is 1. The van der Waals surface area contributed by atoms with Crippen molar-refractivity contribution >= 4 is 23.1 Å². The largest absolute Gasteiger partial charge is 0.375 e. The molecule has 2 rings (SSSR count). The Morgan fingerprint density at radius 2 is 2.33 bits per heavy atom. The summed E-state index contributed by atoms with van der Waals surface area (Å²) in [6.45, 7) is 6.09. The number of benzene rings is 1. The number of anilines is 1. The van der Waals surface area contributed by atoms with Crippen LogP contribution >= 0.6 is 11.6 Å². The lowest BCUT2D eigenvalue weighted by molar-refractivity contribution is 0.0384. The van der Waals surface area contributed by atoms with Crippen LogP contribution in [0.15, 0.2) is 18.2 Å². The van der Waals surface area contributed by atoms with Gasteiger partial charge in [0.2, 0.25) is 0 Å². The molecule has 1 aromatic carbocycles.